The second kappa shape index (κ2) is 13.5. The molecule has 0 aromatic heterocycles. The zero-order valence-corrected chi connectivity index (χ0v) is 24.4. The average molecular weight is 644 g/mol. The Kier molecular flexibility index (Phi) is 9.83. The summed E-state index contributed by atoms with van der Waals surface area (Å²) in [4.78, 5) is 57.8. The Hall–Kier alpha value is -3.51. The number of nitrogens with zero attached hydrogens (tertiary/aromatic N) is 3. The molecule has 0 saturated carbocycles. The summed E-state index contributed by atoms with van der Waals surface area (Å²) < 4.78 is 52.5. The first-order valence-electron chi connectivity index (χ1n) is 14.6. The van der Waals surface area contributed by atoms with Crippen LogP contribution in [0.25, 0.3) is 0 Å². The molecule has 4 aliphatic rings. The molecular formula is C28H36F3N5O9. The first-order valence-corrected chi connectivity index (χ1v) is 14.6. The number of likely N-dealkylation sites (tertiary alicyclic amines) is 1. The molecule has 4 N–H and O–H groups in total. The third-order valence-corrected chi connectivity index (χ3v) is 8.50. The third-order valence-electron chi connectivity index (χ3n) is 8.50. The maximum Gasteiger partial charge on any atom is 0.573 e. The number of alkyl halides is 3. The van der Waals surface area contributed by atoms with E-state index in [9.17, 15) is 42.6 Å². The Bertz CT molecular complexity index is 1270. The highest BCUT2D eigenvalue weighted by Gasteiger charge is 2.47. The van der Waals surface area contributed by atoms with Gasteiger partial charge in [-0.25, -0.2) is 0 Å². The number of hydrogen-bond acceptors (Lipinski definition) is 10. The molecule has 6 bridgehead atoms. The van der Waals surface area contributed by atoms with Crippen LogP contribution in [0.4, 0.5) is 13.2 Å². The van der Waals surface area contributed by atoms with Gasteiger partial charge in [-0.1, -0.05) is 12.1 Å². The number of benzene rings is 1. The summed E-state index contributed by atoms with van der Waals surface area (Å²) in [5.41, 5.74) is 0.593. The molecule has 4 saturated heterocycles. The highest BCUT2D eigenvalue weighted by atomic mass is 19.4. The van der Waals surface area contributed by atoms with Gasteiger partial charge in [0, 0.05) is 45.9 Å². The number of amides is 4. The fourth-order valence-electron chi connectivity index (χ4n) is 6.35. The fourth-order valence-corrected chi connectivity index (χ4v) is 6.35. The number of hydrogen-bond donors (Lipinski definition) is 4. The Labute approximate surface area is 256 Å². The van der Waals surface area contributed by atoms with E-state index in [-0.39, 0.29) is 64.6 Å². The number of aliphatic hydroxyl groups is 2. The highest BCUT2D eigenvalue weighted by Crippen LogP contribution is 2.28. The van der Waals surface area contributed by atoms with Gasteiger partial charge in [0.2, 0.25) is 23.6 Å². The van der Waals surface area contributed by atoms with E-state index in [1.165, 1.54) is 41.2 Å². The molecule has 4 amide bonds. The fraction of sp³-hybridized carbons (Fsp3) is 0.643. The van der Waals surface area contributed by atoms with Crippen molar-refractivity contribution < 1.29 is 56.8 Å². The first-order chi connectivity index (χ1) is 21.3. The second-order valence-corrected chi connectivity index (χ2v) is 11.6. The van der Waals surface area contributed by atoms with Gasteiger partial charge in [-0.05, 0) is 24.1 Å². The average Bonchev–Trinajstić information content (AvgIpc) is 3.49. The van der Waals surface area contributed by atoms with Crippen LogP contribution in [-0.2, 0) is 35.2 Å². The molecule has 0 spiro atoms. The molecular weight excluding hydrogens is 607 g/mol. The number of rotatable bonds is 5. The summed E-state index contributed by atoms with van der Waals surface area (Å²) in [7, 11) is 1.35. The number of piperazine rings is 1. The molecule has 5 rings (SSSR count). The van der Waals surface area contributed by atoms with Crippen molar-refractivity contribution in [2.45, 2.75) is 68.3 Å². The van der Waals surface area contributed by atoms with Crippen LogP contribution in [0.1, 0.15) is 18.4 Å². The topological polar surface area (TPSA) is 170 Å². The van der Waals surface area contributed by atoms with Crippen molar-refractivity contribution in [3.05, 3.63) is 29.8 Å². The standard InChI is InChI=1S/C28H36F3N5O9/c1-43-14-23(38)36-7-6-34-13-19(36)26(41)32-10-21-25(40)24(39)20(44-21)9-22(37)33-16-8-18(27(34)42)35(12-16)11-15-2-4-17(5-3-15)45-28(29,30)31/h2-5,16,18-21,24-25,39-40H,6-14H2,1H3,(H,32,41)(H,33,37)/t16-,18-,19-,20-,21+,24-,25+/m0/s1. The minimum atomic E-state index is -4.84. The molecule has 248 valence electrons. The van der Waals surface area contributed by atoms with E-state index in [0.717, 1.165) is 0 Å². The molecule has 4 heterocycles. The maximum absolute atomic E-state index is 14.0. The van der Waals surface area contributed by atoms with Gasteiger partial charge in [0.05, 0.1) is 25.1 Å². The molecule has 0 unspecified atom stereocenters. The number of methoxy groups -OCH3 is 1. The van der Waals surface area contributed by atoms with E-state index < -0.39 is 72.4 Å². The van der Waals surface area contributed by atoms with Crippen molar-refractivity contribution in [3.8, 4) is 5.75 Å². The molecule has 4 aliphatic heterocycles. The Morgan fingerprint density at radius 3 is 2.44 bits per heavy atom. The van der Waals surface area contributed by atoms with Gasteiger partial charge in [-0.2, -0.15) is 0 Å². The number of aliphatic hydroxyl groups excluding tert-OH is 2. The summed E-state index contributed by atoms with van der Waals surface area (Å²) in [5, 5.41) is 26.6. The molecule has 45 heavy (non-hydrogen) atoms. The van der Waals surface area contributed by atoms with Crippen LogP contribution in [0.5, 0.6) is 5.75 Å². The van der Waals surface area contributed by atoms with Crippen LogP contribution in [0, 0.1) is 0 Å². The monoisotopic (exact) mass is 643 g/mol. The predicted molar refractivity (Wildman–Crippen MR) is 146 cm³/mol. The van der Waals surface area contributed by atoms with Crippen molar-refractivity contribution >= 4 is 23.6 Å². The third kappa shape index (κ3) is 7.66. The molecule has 1 aromatic carbocycles. The summed E-state index contributed by atoms with van der Waals surface area (Å²) in [5.74, 6) is -2.24. The van der Waals surface area contributed by atoms with Gasteiger partial charge < -0.3 is 44.9 Å². The van der Waals surface area contributed by atoms with E-state index in [1.807, 2.05) is 0 Å². The van der Waals surface area contributed by atoms with Gasteiger partial charge in [-0.15, -0.1) is 13.2 Å². The summed E-state index contributed by atoms with van der Waals surface area (Å²) in [6.07, 6.45) is -9.77. The van der Waals surface area contributed by atoms with Crippen molar-refractivity contribution in [2.75, 3.05) is 46.4 Å². The number of ether oxygens (including phenoxy) is 3. The molecule has 4 fully saturated rings. The molecule has 0 radical (unpaired) electrons. The largest absolute Gasteiger partial charge is 0.573 e. The lowest BCUT2D eigenvalue weighted by Gasteiger charge is -2.42. The number of carbonyl (C=O) groups excluding carboxylic acids is 4. The Balaban J connectivity index is 1.40. The lowest BCUT2D eigenvalue weighted by Crippen LogP contribution is -2.64. The minimum Gasteiger partial charge on any atom is -0.406 e. The molecule has 17 heteroatoms. The Morgan fingerprint density at radius 2 is 1.76 bits per heavy atom. The van der Waals surface area contributed by atoms with Crippen molar-refractivity contribution in [3.63, 3.8) is 0 Å². The van der Waals surface area contributed by atoms with E-state index >= 15 is 0 Å². The zero-order valence-electron chi connectivity index (χ0n) is 24.4. The number of fused-ring (bicyclic) bond motifs is 6. The van der Waals surface area contributed by atoms with Crippen LogP contribution < -0.4 is 15.4 Å². The van der Waals surface area contributed by atoms with Crippen LogP contribution in [0.3, 0.4) is 0 Å². The second-order valence-electron chi connectivity index (χ2n) is 11.6. The summed E-state index contributed by atoms with van der Waals surface area (Å²) in [6.45, 7) is -0.0745. The lowest BCUT2D eigenvalue weighted by atomic mass is 10.0. The normalized spacial score (nSPS) is 31.5. The van der Waals surface area contributed by atoms with Crippen LogP contribution in [0.2, 0.25) is 0 Å². The van der Waals surface area contributed by atoms with Gasteiger partial charge in [0.25, 0.3) is 0 Å². The van der Waals surface area contributed by atoms with Gasteiger partial charge in [0.15, 0.2) is 0 Å². The molecule has 14 nitrogen and oxygen atoms in total. The SMILES string of the molecule is COCC(=O)N1CCN2C[C@H]1C(=O)NC[C@H]1O[C@@H](CC(=O)N[C@H]3C[C@@H](C2=O)N(Cc2ccc(OC(F)(F)F)cc2)C3)[C@H](O)[C@@H]1O. The first kappa shape index (κ1) is 32.9. The van der Waals surface area contributed by atoms with Gasteiger partial charge in [-0.3, -0.25) is 24.1 Å². The zero-order chi connectivity index (χ0) is 32.5. The van der Waals surface area contributed by atoms with Crippen LogP contribution in [0.15, 0.2) is 24.3 Å². The summed E-state index contributed by atoms with van der Waals surface area (Å²) >= 11 is 0. The van der Waals surface area contributed by atoms with Crippen LogP contribution >= 0.6 is 0 Å². The van der Waals surface area contributed by atoms with E-state index in [1.54, 1.807) is 4.90 Å². The van der Waals surface area contributed by atoms with Crippen molar-refractivity contribution in [2.24, 2.45) is 0 Å². The van der Waals surface area contributed by atoms with Crippen molar-refractivity contribution in [1.82, 2.24) is 25.3 Å². The van der Waals surface area contributed by atoms with E-state index in [2.05, 4.69) is 15.4 Å². The summed E-state index contributed by atoms with van der Waals surface area (Å²) in [6, 6.07) is 2.89. The molecule has 0 aliphatic carbocycles. The van der Waals surface area contributed by atoms with Crippen LogP contribution in [-0.4, -0.2) is 144 Å². The van der Waals surface area contributed by atoms with Gasteiger partial charge in [0.1, 0.15) is 36.7 Å². The number of carbonyl (C=O) groups is 4. The van der Waals surface area contributed by atoms with Gasteiger partial charge >= 0.3 is 6.36 Å². The highest BCUT2D eigenvalue weighted by molar-refractivity contribution is 5.90. The molecule has 7 atom stereocenters. The molecule has 1 aromatic rings. The van der Waals surface area contributed by atoms with E-state index in [4.69, 9.17) is 9.47 Å². The smallest absolute Gasteiger partial charge is 0.406 e. The Morgan fingerprint density at radius 1 is 1.04 bits per heavy atom. The van der Waals surface area contributed by atoms with Crippen molar-refractivity contribution in [1.29, 1.82) is 0 Å². The van der Waals surface area contributed by atoms with E-state index in [0.29, 0.717) is 5.56 Å². The maximum atomic E-state index is 14.0. The predicted octanol–water partition coefficient (Wildman–Crippen LogP) is -1.66. The number of nitrogens with one attached hydrogen (secondary N) is 2. The number of halogens is 3. The minimum absolute atomic E-state index is 0.0446. The quantitative estimate of drug-likeness (QED) is 0.291. The lowest BCUT2D eigenvalue weighted by molar-refractivity contribution is -0.274.